The maximum absolute atomic E-state index is 10.8. The summed E-state index contributed by atoms with van der Waals surface area (Å²) in [4.78, 5) is 14.7. The average molecular weight is 309 g/mol. The van der Waals surface area contributed by atoms with Crippen LogP contribution in [0.1, 0.15) is 11.4 Å². The number of nitro groups is 1. The number of anilines is 1. The first-order valence-electron chi connectivity index (χ1n) is 7.08. The Morgan fingerprint density at radius 2 is 2.00 bits per heavy atom. The summed E-state index contributed by atoms with van der Waals surface area (Å²) < 4.78 is 0. The number of aryl methyl sites for hydroxylation is 1. The number of aromatic amines is 1. The zero-order valence-electron chi connectivity index (χ0n) is 12.5. The molecule has 0 saturated carbocycles. The van der Waals surface area contributed by atoms with Crippen LogP contribution in [-0.4, -0.2) is 20.1 Å². The van der Waals surface area contributed by atoms with Gasteiger partial charge in [0.15, 0.2) is 5.82 Å². The predicted molar refractivity (Wildman–Crippen MR) is 87.0 cm³/mol. The topological polar surface area (TPSA) is 96.7 Å². The molecule has 0 saturated heterocycles. The van der Waals surface area contributed by atoms with Crippen LogP contribution < -0.4 is 5.32 Å². The van der Waals surface area contributed by atoms with E-state index in [0.717, 1.165) is 5.69 Å². The molecule has 2 aromatic carbocycles. The third-order valence-corrected chi connectivity index (χ3v) is 3.36. The summed E-state index contributed by atoms with van der Waals surface area (Å²) in [7, 11) is 0. The van der Waals surface area contributed by atoms with E-state index in [4.69, 9.17) is 0 Å². The summed E-state index contributed by atoms with van der Waals surface area (Å²) >= 11 is 0. The molecule has 0 aliphatic rings. The molecule has 0 radical (unpaired) electrons. The number of benzene rings is 2. The minimum absolute atomic E-state index is 0.0200. The second-order valence-electron chi connectivity index (χ2n) is 5.13. The highest BCUT2D eigenvalue weighted by Crippen LogP contribution is 2.20. The molecule has 7 nitrogen and oxygen atoms in total. The van der Waals surface area contributed by atoms with Crippen LogP contribution in [0.15, 0.2) is 48.5 Å². The van der Waals surface area contributed by atoms with Crippen molar-refractivity contribution in [3.05, 3.63) is 70.0 Å². The van der Waals surface area contributed by atoms with Crippen LogP contribution in [0.3, 0.4) is 0 Å². The zero-order valence-corrected chi connectivity index (χ0v) is 12.5. The summed E-state index contributed by atoms with van der Waals surface area (Å²) in [5.41, 5.74) is 2.82. The van der Waals surface area contributed by atoms with Crippen molar-refractivity contribution in [1.82, 2.24) is 15.2 Å². The Hall–Kier alpha value is -3.22. The summed E-state index contributed by atoms with van der Waals surface area (Å²) in [6.45, 7) is 2.52. The van der Waals surface area contributed by atoms with E-state index in [-0.39, 0.29) is 5.69 Å². The largest absolute Gasteiger partial charge is 0.378 e. The molecule has 0 unspecified atom stereocenters. The Morgan fingerprint density at radius 1 is 1.22 bits per heavy atom. The third-order valence-electron chi connectivity index (χ3n) is 3.36. The van der Waals surface area contributed by atoms with Crippen LogP contribution in [0, 0.1) is 17.0 Å². The van der Waals surface area contributed by atoms with Gasteiger partial charge in [-0.15, -0.1) is 0 Å². The monoisotopic (exact) mass is 309 g/mol. The maximum atomic E-state index is 10.8. The molecule has 0 fully saturated rings. The van der Waals surface area contributed by atoms with Crippen LogP contribution >= 0.6 is 0 Å². The molecule has 23 heavy (non-hydrogen) atoms. The number of nitrogens with one attached hydrogen (secondary N) is 2. The van der Waals surface area contributed by atoms with Gasteiger partial charge in [-0.05, 0) is 19.1 Å². The SMILES string of the molecule is Cc1ccc(NCc2nc(-c3cccc([N+](=O)[O-])c3)n[nH]2)cc1. The first-order valence-corrected chi connectivity index (χ1v) is 7.08. The van der Waals surface area contributed by atoms with Crippen molar-refractivity contribution < 1.29 is 4.92 Å². The fourth-order valence-electron chi connectivity index (χ4n) is 2.12. The number of hydrogen-bond acceptors (Lipinski definition) is 5. The van der Waals surface area contributed by atoms with E-state index in [2.05, 4.69) is 20.5 Å². The van der Waals surface area contributed by atoms with E-state index < -0.39 is 4.92 Å². The molecule has 0 atom stereocenters. The molecule has 1 aromatic heterocycles. The smallest absolute Gasteiger partial charge is 0.270 e. The van der Waals surface area contributed by atoms with Gasteiger partial charge >= 0.3 is 0 Å². The van der Waals surface area contributed by atoms with Crippen LogP contribution in [0.5, 0.6) is 0 Å². The number of H-pyrrole nitrogens is 1. The highest BCUT2D eigenvalue weighted by atomic mass is 16.6. The van der Waals surface area contributed by atoms with Gasteiger partial charge in [0.1, 0.15) is 5.82 Å². The highest BCUT2D eigenvalue weighted by molar-refractivity contribution is 5.58. The molecule has 1 heterocycles. The third kappa shape index (κ3) is 3.52. The second-order valence-corrected chi connectivity index (χ2v) is 5.13. The van der Waals surface area contributed by atoms with E-state index in [1.807, 2.05) is 31.2 Å². The lowest BCUT2D eigenvalue weighted by molar-refractivity contribution is -0.384. The van der Waals surface area contributed by atoms with Crippen molar-refractivity contribution in [2.75, 3.05) is 5.32 Å². The maximum Gasteiger partial charge on any atom is 0.270 e. The Labute approximate surface area is 132 Å². The van der Waals surface area contributed by atoms with Gasteiger partial charge in [-0.1, -0.05) is 29.8 Å². The quantitative estimate of drug-likeness (QED) is 0.556. The van der Waals surface area contributed by atoms with Gasteiger partial charge < -0.3 is 5.32 Å². The molecule has 7 heteroatoms. The Kier molecular flexibility index (Phi) is 4.01. The van der Waals surface area contributed by atoms with Gasteiger partial charge in [-0.2, -0.15) is 5.10 Å². The molecule has 116 valence electrons. The molecule has 0 spiro atoms. The number of nitro benzene ring substituents is 1. The van der Waals surface area contributed by atoms with Gasteiger partial charge in [0.05, 0.1) is 11.5 Å². The van der Waals surface area contributed by atoms with Crippen molar-refractivity contribution in [3.8, 4) is 11.4 Å². The molecule has 0 bridgehead atoms. The molecule has 3 aromatic rings. The number of non-ortho nitro benzene ring substituents is 1. The predicted octanol–water partition coefficient (Wildman–Crippen LogP) is 3.30. The van der Waals surface area contributed by atoms with Crippen molar-refractivity contribution in [1.29, 1.82) is 0 Å². The summed E-state index contributed by atoms with van der Waals surface area (Å²) in [5.74, 6) is 1.10. The number of rotatable bonds is 5. The van der Waals surface area contributed by atoms with Gasteiger partial charge in [0.25, 0.3) is 5.69 Å². The van der Waals surface area contributed by atoms with E-state index in [1.165, 1.54) is 17.7 Å². The average Bonchev–Trinajstić information content (AvgIpc) is 3.03. The number of nitrogens with zero attached hydrogens (tertiary/aromatic N) is 3. The van der Waals surface area contributed by atoms with Gasteiger partial charge in [0, 0.05) is 23.4 Å². The second kappa shape index (κ2) is 6.27. The lowest BCUT2D eigenvalue weighted by Crippen LogP contribution is -2.01. The lowest BCUT2D eigenvalue weighted by atomic mass is 10.2. The first kappa shape index (κ1) is 14.7. The van der Waals surface area contributed by atoms with Crippen molar-refractivity contribution in [2.24, 2.45) is 0 Å². The first-order chi connectivity index (χ1) is 11.1. The van der Waals surface area contributed by atoms with Gasteiger partial charge in [-0.25, -0.2) is 4.98 Å². The molecule has 0 amide bonds. The Morgan fingerprint density at radius 3 is 2.74 bits per heavy atom. The van der Waals surface area contributed by atoms with Crippen LogP contribution in [0.2, 0.25) is 0 Å². The highest BCUT2D eigenvalue weighted by Gasteiger charge is 2.10. The minimum Gasteiger partial charge on any atom is -0.378 e. The summed E-state index contributed by atoms with van der Waals surface area (Å²) in [6.07, 6.45) is 0. The van der Waals surface area contributed by atoms with Crippen molar-refractivity contribution >= 4 is 11.4 Å². The van der Waals surface area contributed by atoms with E-state index >= 15 is 0 Å². The minimum atomic E-state index is -0.435. The number of aromatic nitrogens is 3. The Balaban J connectivity index is 1.71. The molecular weight excluding hydrogens is 294 g/mol. The molecule has 2 N–H and O–H groups in total. The molecular formula is C16H15N5O2. The molecule has 0 aliphatic heterocycles. The van der Waals surface area contributed by atoms with Crippen molar-refractivity contribution in [3.63, 3.8) is 0 Å². The zero-order chi connectivity index (χ0) is 16.2. The van der Waals surface area contributed by atoms with Gasteiger partial charge in [0.2, 0.25) is 0 Å². The Bertz CT molecular complexity index is 826. The van der Waals surface area contributed by atoms with E-state index in [9.17, 15) is 10.1 Å². The van der Waals surface area contributed by atoms with Crippen LogP contribution in [0.4, 0.5) is 11.4 Å². The fourth-order valence-corrected chi connectivity index (χ4v) is 2.12. The van der Waals surface area contributed by atoms with E-state index in [0.29, 0.717) is 23.8 Å². The molecule has 3 rings (SSSR count). The number of hydrogen-bond donors (Lipinski definition) is 2. The van der Waals surface area contributed by atoms with E-state index in [1.54, 1.807) is 12.1 Å². The van der Waals surface area contributed by atoms with Crippen LogP contribution in [0.25, 0.3) is 11.4 Å². The fraction of sp³-hybridized carbons (Fsp3) is 0.125. The van der Waals surface area contributed by atoms with Crippen LogP contribution in [-0.2, 0) is 6.54 Å². The molecule has 0 aliphatic carbocycles. The van der Waals surface area contributed by atoms with Gasteiger partial charge in [-0.3, -0.25) is 15.2 Å². The standard InChI is InChI=1S/C16H15N5O2/c1-11-5-7-13(8-6-11)17-10-15-18-16(20-19-15)12-3-2-4-14(9-12)21(22)23/h2-9,17H,10H2,1H3,(H,18,19,20). The lowest BCUT2D eigenvalue weighted by Gasteiger charge is -2.03. The van der Waals surface area contributed by atoms with Crippen molar-refractivity contribution in [2.45, 2.75) is 13.5 Å². The summed E-state index contributed by atoms with van der Waals surface area (Å²) in [5, 5.41) is 21.0. The summed E-state index contributed by atoms with van der Waals surface area (Å²) in [6, 6.07) is 14.3. The normalized spacial score (nSPS) is 10.5.